The zero-order valence-corrected chi connectivity index (χ0v) is 10.2. The molecule has 0 radical (unpaired) electrons. The van der Waals surface area contributed by atoms with Gasteiger partial charge in [0.1, 0.15) is 0 Å². The first-order valence-electron chi connectivity index (χ1n) is 5.90. The fraction of sp³-hybridized carbons (Fsp3) is 0.917. The van der Waals surface area contributed by atoms with Crippen molar-refractivity contribution in [3.8, 4) is 0 Å². The minimum absolute atomic E-state index is 0.0886. The summed E-state index contributed by atoms with van der Waals surface area (Å²) in [7, 11) is 0. The number of hydrogen-bond acceptors (Lipinski definition) is 2. The molecule has 0 bridgehead atoms. The van der Waals surface area contributed by atoms with E-state index in [-0.39, 0.29) is 12.5 Å². The van der Waals surface area contributed by atoms with E-state index in [0.29, 0.717) is 5.92 Å². The molecular formula is C12H25NO2. The van der Waals surface area contributed by atoms with Crippen LogP contribution in [0.25, 0.3) is 0 Å². The lowest BCUT2D eigenvalue weighted by Gasteiger charge is -2.18. The van der Waals surface area contributed by atoms with Gasteiger partial charge in [0, 0.05) is 6.04 Å². The summed E-state index contributed by atoms with van der Waals surface area (Å²) in [6, 6.07) is -0.193. The van der Waals surface area contributed by atoms with Gasteiger partial charge >= 0.3 is 5.97 Å². The highest BCUT2D eigenvalue weighted by atomic mass is 16.4. The van der Waals surface area contributed by atoms with Crippen molar-refractivity contribution >= 4 is 5.97 Å². The number of aliphatic carboxylic acids is 1. The molecule has 15 heavy (non-hydrogen) atoms. The molecule has 0 fully saturated rings. The lowest BCUT2D eigenvalue weighted by atomic mass is 9.93. The summed E-state index contributed by atoms with van der Waals surface area (Å²) in [5.74, 6) is 0.276. The van der Waals surface area contributed by atoms with Gasteiger partial charge in [-0.1, -0.05) is 40.0 Å². The smallest absolute Gasteiger partial charge is 0.304 e. The van der Waals surface area contributed by atoms with E-state index in [9.17, 15) is 4.79 Å². The first-order chi connectivity index (χ1) is 6.93. The summed E-state index contributed by atoms with van der Waals surface area (Å²) in [4.78, 5) is 10.5. The van der Waals surface area contributed by atoms with Crippen LogP contribution in [0.5, 0.6) is 0 Å². The molecule has 0 aromatic carbocycles. The summed E-state index contributed by atoms with van der Waals surface area (Å²) < 4.78 is 0. The summed E-state index contributed by atoms with van der Waals surface area (Å²) in [6.45, 7) is 6.49. The molecule has 0 heterocycles. The second-order valence-electron chi connectivity index (χ2n) is 4.92. The van der Waals surface area contributed by atoms with Crippen molar-refractivity contribution in [2.24, 2.45) is 17.6 Å². The number of carboxylic acids is 1. The van der Waals surface area contributed by atoms with E-state index in [1.807, 2.05) is 6.92 Å². The summed E-state index contributed by atoms with van der Waals surface area (Å²) in [5, 5.41) is 8.60. The van der Waals surface area contributed by atoms with Gasteiger partial charge in [-0.2, -0.15) is 0 Å². The number of carbonyl (C=O) groups is 1. The Labute approximate surface area is 93.0 Å². The fourth-order valence-electron chi connectivity index (χ4n) is 1.64. The minimum atomic E-state index is -0.795. The van der Waals surface area contributed by atoms with E-state index >= 15 is 0 Å². The quantitative estimate of drug-likeness (QED) is 0.612. The number of carboxylic acid groups (broad SMARTS) is 1. The van der Waals surface area contributed by atoms with Crippen LogP contribution < -0.4 is 5.73 Å². The highest BCUT2D eigenvalue weighted by Crippen LogP contribution is 2.16. The van der Waals surface area contributed by atoms with Gasteiger partial charge in [0.2, 0.25) is 0 Å². The molecule has 3 heteroatoms. The maximum atomic E-state index is 10.5. The molecule has 0 unspecified atom stereocenters. The number of rotatable bonds is 8. The van der Waals surface area contributed by atoms with E-state index in [4.69, 9.17) is 10.8 Å². The normalized spacial score (nSPS) is 15.3. The molecule has 0 aromatic rings. The summed E-state index contributed by atoms with van der Waals surface area (Å²) >= 11 is 0. The summed E-state index contributed by atoms with van der Waals surface area (Å²) in [6.07, 6.45) is 4.77. The van der Waals surface area contributed by atoms with Crippen LogP contribution >= 0.6 is 0 Å². The van der Waals surface area contributed by atoms with Crippen molar-refractivity contribution in [3.63, 3.8) is 0 Å². The Morgan fingerprint density at radius 2 is 1.73 bits per heavy atom. The van der Waals surface area contributed by atoms with Crippen molar-refractivity contribution in [2.75, 3.05) is 0 Å². The monoisotopic (exact) mass is 215 g/mol. The van der Waals surface area contributed by atoms with Crippen molar-refractivity contribution in [2.45, 2.75) is 58.9 Å². The summed E-state index contributed by atoms with van der Waals surface area (Å²) in [5.41, 5.74) is 5.78. The molecule has 0 spiro atoms. The lowest BCUT2D eigenvalue weighted by molar-refractivity contribution is -0.137. The second kappa shape index (κ2) is 7.69. The Bertz CT molecular complexity index is 180. The van der Waals surface area contributed by atoms with E-state index in [1.165, 1.54) is 12.8 Å². The Hall–Kier alpha value is -0.570. The topological polar surface area (TPSA) is 63.3 Å². The molecule has 0 amide bonds. The Balaban J connectivity index is 3.55. The third-order valence-electron chi connectivity index (χ3n) is 2.83. The van der Waals surface area contributed by atoms with Crippen LogP contribution in [0.15, 0.2) is 0 Å². The molecule has 0 rings (SSSR count). The van der Waals surface area contributed by atoms with Gasteiger partial charge in [-0.3, -0.25) is 4.79 Å². The van der Waals surface area contributed by atoms with Crippen LogP contribution in [0.4, 0.5) is 0 Å². The minimum Gasteiger partial charge on any atom is -0.481 e. The SMILES string of the molecule is CC(C)CCCC[C@@H](C)[C@H](N)CC(=O)O. The number of unbranched alkanes of at least 4 members (excludes halogenated alkanes) is 1. The molecule has 90 valence electrons. The maximum Gasteiger partial charge on any atom is 0.304 e. The van der Waals surface area contributed by atoms with Crippen LogP contribution in [0, 0.1) is 11.8 Å². The van der Waals surface area contributed by atoms with E-state index in [0.717, 1.165) is 18.8 Å². The van der Waals surface area contributed by atoms with E-state index in [2.05, 4.69) is 13.8 Å². The molecule has 3 N–H and O–H groups in total. The lowest BCUT2D eigenvalue weighted by Crippen LogP contribution is -2.30. The van der Waals surface area contributed by atoms with Crippen molar-refractivity contribution in [1.82, 2.24) is 0 Å². The molecule has 0 aliphatic heterocycles. The second-order valence-corrected chi connectivity index (χ2v) is 4.92. The molecule has 0 saturated heterocycles. The molecule has 0 aliphatic carbocycles. The van der Waals surface area contributed by atoms with Gasteiger partial charge in [-0.15, -0.1) is 0 Å². The number of hydrogen-bond donors (Lipinski definition) is 2. The third kappa shape index (κ3) is 8.43. The van der Waals surface area contributed by atoms with Crippen molar-refractivity contribution in [1.29, 1.82) is 0 Å². The van der Waals surface area contributed by atoms with Gasteiger partial charge in [-0.25, -0.2) is 0 Å². The molecule has 0 aliphatic rings. The molecule has 3 nitrogen and oxygen atoms in total. The van der Waals surface area contributed by atoms with Crippen LogP contribution in [0.2, 0.25) is 0 Å². The molecule has 0 saturated carbocycles. The first kappa shape index (κ1) is 14.4. The van der Waals surface area contributed by atoms with Gasteiger partial charge in [0.05, 0.1) is 6.42 Å². The van der Waals surface area contributed by atoms with Gasteiger partial charge in [0.25, 0.3) is 0 Å². The Kier molecular flexibility index (Phi) is 7.39. The molecule has 2 atom stereocenters. The fourth-order valence-corrected chi connectivity index (χ4v) is 1.64. The standard InChI is InChI=1S/C12H25NO2/c1-9(2)6-4-5-7-10(3)11(13)8-12(14)15/h9-11H,4-8,13H2,1-3H3,(H,14,15)/t10-,11-/m1/s1. The van der Waals surface area contributed by atoms with Gasteiger partial charge < -0.3 is 10.8 Å². The predicted molar refractivity (Wildman–Crippen MR) is 62.7 cm³/mol. The van der Waals surface area contributed by atoms with Crippen LogP contribution in [0.3, 0.4) is 0 Å². The largest absolute Gasteiger partial charge is 0.481 e. The zero-order valence-electron chi connectivity index (χ0n) is 10.2. The zero-order chi connectivity index (χ0) is 11.8. The number of nitrogens with two attached hydrogens (primary N) is 1. The van der Waals surface area contributed by atoms with E-state index < -0.39 is 5.97 Å². The van der Waals surface area contributed by atoms with Gasteiger partial charge in [0.15, 0.2) is 0 Å². The highest BCUT2D eigenvalue weighted by molar-refractivity contribution is 5.67. The maximum absolute atomic E-state index is 10.5. The van der Waals surface area contributed by atoms with Gasteiger partial charge in [-0.05, 0) is 18.3 Å². The van der Waals surface area contributed by atoms with Crippen LogP contribution in [0.1, 0.15) is 52.9 Å². The molecular weight excluding hydrogens is 190 g/mol. The Morgan fingerprint density at radius 1 is 1.20 bits per heavy atom. The Morgan fingerprint density at radius 3 is 2.20 bits per heavy atom. The predicted octanol–water partition coefficient (Wildman–Crippen LogP) is 2.64. The average molecular weight is 215 g/mol. The van der Waals surface area contributed by atoms with E-state index in [1.54, 1.807) is 0 Å². The molecule has 0 aromatic heterocycles. The third-order valence-corrected chi connectivity index (χ3v) is 2.83. The van der Waals surface area contributed by atoms with Crippen LogP contribution in [-0.2, 0) is 4.79 Å². The van der Waals surface area contributed by atoms with Crippen molar-refractivity contribution < 1.29 is 9.90 Å². The average Bonchev–Trinajstić information content (AvgIpc) is 2.10. The van der Waals surface area contributed by atoms with Crippen LogP contribution in [-0.4, -0.2) is 17.1 Å². The highest BCUT2D eigenvalue weighted by Gasteiger charge is 2.15. The van der Waals surface area contributed by atoms with Crippen molar-refractivity contribution in [3.05, 3.63) is 0 Å². The first-order valence-corrected chi connectivity index (χ1v) is 5.90.